The summed E-state index contributed by atoms with van der Waals surface area (Å²) in [6, 6.07) is 12.2. The average molecular weight is 480 g/mol. The number of nitrogens with one attached hydrogen (secondary N) is 1. The van der Waals surface area contributed by atoms with Crippen LogP contribution in [0.3, 0.4) is 0 Å². The second kappa shape index (κ2) is 9.83. The molecule has 1 aliphatic heterocycles. The summed E-state index contributed by atoms with van der Waals surface area (Å²) in [6.45, 7) is 3.87. The number of benzene rings is 2. The third-order valence-electron chi connectivity index (χ3n) is 5.63. The first-order chi connectivity index (χ1) is 14.9. The molecule has 2 aromatic carbocycles. The number of aromatic nitrogens is 1. The predicted molar refractivity (Wildman–Crippen MR) is 127 cm³/mol. The van der Waals surface area contributed by atoms with Gasteiger partial charge in [-0.3, -0.25) is 9.36 Å². The van der Waals surface area contributed by atoms with Gasteiger partial charge in [0.05, 0.1) is 21.7 Å². The third-order valence-corrected chi connectivity index (χ3v) is 8.40. The molecule has 0 amide bonds. The molecule has 0 bridgehead atoms. The Labute approximate surface area is 191 Å². The molecule has 1 N–H and O–H groups in total. The van der Waals surface area contributed by atoms with Crippen molar-refractivity contribution in [3.05, 3.63) is 62.7 Å². The lowest BCUT2D eigenvalue weighted by Gasteiger charge is -2.26. The first-order valence-corrected chi connectivity index (χ1v) is 13.2. The molecule has 0 spiro atoms. The number of nitrogens with zero attached hydrogens (tertiary/aromatic N) is 2. The summed E-state index contributed by atoms with van der Waals surface area (Å²) in [6.07, 6.45) is 4.52. The second-order valence-electron chi connectivity index (χ2n) is 7.83. The number of sulfonamides is 1. The van der Waals surface area contributed by atoms with Crippen molar-refractivity contribution < 1.29 is 8.42 Å². The second-order valence-corrected chi connectivity index (χ2v) is 11.0. The number of hydrogen-bond acceptors (Lipinski definition) is 5. The minimum atomic E-state index is -3.62. The maximum absolute atomic E-state index is 12.7. The van der Waals surface area contributed by atoms with Gasteiger partial charge < -0.3 is 4.90 Å². The number of thiazole rings is 1. The maximum Gasteiger partial charge on any atom is 0.308 e. The van der Waals surface area contributed by atoms with Crippen LogP contribution in [0.4, 0.5) is 0 Å². The molecule has 1 saturated heterocycles. The van der Waals surface area contributed by atoms with Crippen LogP contribution < -0.4 is 9.60 Å². The molecule has 4 rings (SSSR count). The van der Waals surface area contributed by atoms with Crippen molar-refractivity contribution in [2.24, 2.45) is 0 Å². The van der Waals surface area contributed by atoms with Crippen molar-refractivity contribution in [3.8, 4) is 0 Å². The number of piperidine rings is 1. The number of rotatable bonds is 8. The normalized spacial score (nSPS) is 15.5. The zero-order valence-corrected chi connectivity index (χ0v) is 19.6. The molecule has 0 unspecified atom stereocenters. The van der Waals surface area contributed by atoms with E-state index in [1.165, 1.54) is 19.3 Å². The predicted octanol–water partition coefficient (Wildman–Crippen LogP) is 3.92. The van der Waals surface area contributed by atoms with Gasteiger partial charge in [0.2, 0.25) is 10.0 Å². The van der Waals surface area contributed by atoms with Gasteiger partial charge in [0, 0.05) is 11.6 Å². The molecule has 3 aromatic rings. The Morgan fingerprint density at radius 2 is 1.84 bits per heavy atom. The Balaban J connectivity index is 1.46. The molecule has 0 aliphatic carbocycles. The standard InChI is InChI=1S/C22H26ClN3O3S2/c23-19-8-3-2-7-17(19)16-26-20-10-9-18(15-21(20)30-22(26)27)31(28,29)24-11-6-14-25-12-4-1-5-13-25/h2-3,7-10,15,24H,1,4-6,11-14,16H2. The number of likely N-dealkylation sites (tertiary alicyclic amines) is 1. The first kappa shape index (κ1) is 22.5. The highest BCUT2D eigenvalue weighted by atomic mass is 35.5. The quantitative estimate of drug-likeness (QED) is 0.497. The van der Waals surface area contributed by atoms with Crippen molar-refractivity contribution in [2.75, 3.05) is 26.2 Å². The summed E-state index contributed by atoms with van der Waals surface area (Å²) >= 11 is 7.28. The number of hydrogen-bond donors (Lipinski definition) is 1. The van der Waals surface area contributed by atoms with E-state index in [0.29, 0.717) is 28.3 Å². The Hall–Kier alpha value is -1.71. The van der Waals surface area contributed by atoms with Crippen LogP contribution in [0.5, 0.6) is 0 Å². The molecule has 2 heterocycles. The summed E-state index contributed by atoms with van der Waals surface area (Å²) in [4.78, 5) is 15.0. The maximum atomic E-state index is 12.7. The van der Waals surface area contributed by atoms with Crippen molar-refractivity contribution in [1.82, 2.24) is 14.2 Å². The molecule has 0 radical (unpaired) electrons. The molecule has 0 saturated carbocycles. The largest absolute Gasteiger partial charge is 0.308 e. The van der Waals surface area contributed by atoms with Crippen molar-refractivity contribution in [3.63, 3.8) is 0 Å². The minimum Gasteiger partial charge on any atom is -0.303 e. The van der Waals surface area contributed by atoms with Crippen molar-refractivity contribution in [1.29, 1.82) is 0 Å². The van der Waals surface area contributed by atoms with Gasteiger partial charge in [-0.1, -0.05) is 47.6 Å². The fraction of sp³-hybridized carbons (Fsp3) is 0.409. The van der Waals surface area contributed by atoms with E-state index < -0.39 is 10.0 Å². The minimum absolute atomic E-state index is 0.140. The fourth-order valence-electron chi connectivity index (χ4n) is 3.94. The lowest BCUT2D eigenvalue weighted by Crippen LogP contribution is -2.33. The van der Waals surface area contributed by atoms with E-state index in [1.807, 2.05) is 18.2 Å². The Morgan fingerprint density at radius 1 is 1.06 bits per heavy atom. The topological polar surface area (TPSA) is 71.4 Å². The van der Waals surface area contributed by atoms with Gasteiger partial charge in [-0.2, -0.15) is 0 Å². The molecule has 9 heteroatoms. The first-order valence-electron chi connectivity index (χ1n) is 10.5. The Morgan fingerprint density at radius 3 is 2.61 bits per heavy atom. The molecule has 0 atom stereocenters. The molecule has 1 aromatic heterocycles. The summed E-state index contributed by atoms with van der Waals surface area (Å²) in [7, 11) is -3.62. The van der Waals surface area contributed by atoms with Gasteiger partial charge in [-0.15, -0.1) is 0 Å². The van der Waals surface area contributed by atoms with Crippen molar-refractivity contribution >= 4 is 43.2 Å². The molecular formula is C22H26ClN3O3S2. The van der Waals surface area contributed by atoms with Crippen LogP contribution >= 0.6 is 22.9 Å². The van der Waals surface area contributed by atoms with Crippen LogP contribution in [0.15, 0.2) is 52.2 Å². The molecule has 1 fully saturated rings. The van der Waals surface area contributed by atoms with Gasteiger partial charge in [0.25, 0.3) is 0 Å². The molecule has 31 heavy (non-hydrogen) atoms. The van der Waals surface area contributed by atoms with E-state index >= 15 is 0 Å². The van der Waals surface area contributed by atoms with Crippen LogP contribution in [0.1, 0.15) is 31.2 Å². The van der Waals surface area contributed by atoms with E-state index in [1.54, 1.807) is 28.8 Å². The van der Waals surface area contributed by atoms with E-state index in [4.69, 9.17) is 11.6 Å². The van der Waals surface area contributed by atoms with Crippen LogP contribution in [-0.4, -0.2) is 44.1 Å². The number of halogens is 1. The third kappa shape index (κ3) is 5.38. The van der Waals surface area contributed by atoms with Crippen LogP contribution in [-0.2, 0) is 16.6 Å². The highest BCUT2D eigenvalue weighted by Gasteiger charge is 2.17. The zero-order valence-electron chi connectivity index (χ0n) is 17.2. The van der Waals surface area contributed by atoms with E-state index in [0.717, 1.165) is 43.0 Å². The number of fused-ring (bicyclic) bond motifs is 1. The summed E-state index contributed by atoms with van der Waals surface area (Å²) in [5, 5.41) is 0.599. The summed E-state index contributed by atoms with van der Waals surface area (Å²) in [5.74, 6) is 0. The highest BCUT2D eigenvalue weighted by molar-refractivity contribution is 7.89. The molecular weight excluding hydrogens is 454 g/mol. The zero-order chi connectivity index (χ0) is 21.8. The summed E-state index contributed by atoms with van der Waals surface area (Å²) in [5.41, 5.74) is 1.55. The van der Waals surface area contributed by atoms with Gasteiger partial charge in [-0.25, -0.2) is 13.1 Å². The average Bonchev–Trinajstić information content (AvgIpc) is 3.08. The molecule has 1 aliphatic rings. The lowest BCUT2D eigenvalue weighted by atomic mass is 10.1. The molecule has 6 nitrogen and oxygen atoms in total. The fourth-order valence-corrected chi connectivity index (χ4v) is 6.24. The van der Waals surface area contributed by atoms with E-state index in [-0.39, 0.29) is 9.77 Å². The Bertz CT molecular complexity index is 1210. The lowest BCUT2D eigenvalue weighted by molar-refractivity contribution is 0.227. The van der Waals surface area contributed by atoms with E-state index in [9.17, 15) is 13.2 Å². The van der Waals surface area contributed by atoms with Gasteiger partial charge in [-0.05, 0) is 68.7 Å². The van der Waals surface area contributed by atoms with Crippen molar-refractivity contribution in [2.45, 2.75) is 37.1 Å². The smallest absolute Gasteiger partial charge is 0.303 e. The van der Waals surface area contributed by atoms with E-state index in [2.05, 4.69) is 9.62 Å². The van der Waals surface area contributed by atoms with Gasteiger partial charge >= 0.3 is 4.87 Å². The summed E-state index contributed by atoms with van der Waals surface area (Å²) < 4.78 is 30.4. The molecule has 166 valence electrons. The van der Waals surface area contributed by atoms with Crippen LogP contribution in [0.2, 0.25) is 5.02 Å². The van der Waals surface area contributed by atoms with Gasteiger partial charge in [0.15, 0.2) is 0 Å². The Kier molecular flexibility index (Phi) is 7.13. The van der Waals surface area contributed by atoms with Crippen LogP contribution in [0, 0.1) is 0 Å². The van der Waals surface area contributed by atoms with Crippen LogP contribution in [0.25, 0.3) is 10.2 Å². The monoisotopic (exact) mass is 479 g/mol. The van der Waals surface area contributed by atoms with Gasteiger partial charge in [0.1, 0.15) is 0 Å². The highest BCUT2D eigenvalue weighted by Crippen LogP contribution is 2.24. The SMILES string of the molecule is O=c1sc2cc(S(=O)(=O)NCCCN3CCCCC3)ccc2n1Cc1ccccc1Cl.